The Labute approximate surface area is 134 Å². The summed E-state index contributed by atoms with van der Waals surface area (Å²) in [6, 6.07) is 5.15. The third kappa shape index (κ3) is 5.98. The van der Waals surface area contributed by atoms with Crippen molar-refractivity contribution in [3.05, 3.63) is 29.8 Å². The van der Waals surface area contributed by atoms with Gasteiger partial charge in [-0.05, 0) is 32.9 Å². The summed E-state index contributed by atoms with van der Waals surface area (Å²) in [5.74, 6) is -1.47. The molecule has 0 aromatic heterocycles. The average Bonchev–Trinajstić information content (AvgIpc) is 2.43. The van der Waals surface area contributed by atoms with Gasteiger partial charge < -0.3 is 19.9 Å². The summed E-state index contributed by atoms with van der Waals surface area (Å²) in [7, 11) is 1.40. The van der Waals surface area contributed by atoms with Crippen LogP contribution in [0.1, 0.15) is 37.6 Å². The quantitative estimate of drug-likeness (QED) is 0.779. The Kier molecular flexibility index (Phi) is 6.12. The largest absolute Gasteiger partial charge is 0.496 e. The zero-order valence-electron chi connectivity index (χ0n) is 13.6. The SMILES string of the molecule is COc1ccccc1C(=O)[C@H](CC(=O)O)NC(=O)OC(C)(C)C. The summed E-state index contributed by atoms with van der Waals surface area (Å²) in [4.78, 5) is 35.4. The van der Waals surface area contributed by atoms with E-state index in [0.29, 0.717) is 5.75 Å². The van der Waals surface area contributed by atoms with Gasteiger partial charge in [-0.2, -0.15) is 0 Å². The number of carboxylic acids is 1. The molecular weight excluding hydrogens is 302 g/mol. The molecule has 0 unspecified atom stereocenters. The first kappa shape index (κ1) is 18.5. The first-order valence-corrected chi connectivity index (χ1v) is 7.02. The number of alkyl carbamates (subject to hydrolysis) is 1. The van der Waals surface area contributed by atoms with Crippen LogP contribution >= 0.6 is 0 Å². The molecule has 0 spiro atoms. The van der Waals surface area contributed by atoms with Crippen molar-refractivity contribution in [2.24, 2.45) is 0 Å². The molecule has 0 aliphatic heterocycles. The molecule has 0 aliphatic rings. The van der Waals surface area contributed by atoms with Crippen molar-refractivity contribution in [3.63, 3.8) is 0 Å². The minimum atomic E-state index is -1.25. The average molecular weight is 323 g/mol. The van der Waals surface area contributed by atoms with E-state index in [2.05, 4.69) is 5.32 Å². The Hall–Kier alpha value is -2.57. The lowest BCUT2D eigenvalue weighted by Crippen LogP contribution is -2.44. The van der Waals surface area contributed by atoms with Gasteiger partial charge in [-0.1, -0.05) is 12.1 Å². The molecular formula is C16H21NO6. The van der Waals surface area contributed by atoms with E-state index in [1.807, 2.05) is 0 Å². The van der Waals surface area contributed by atoms with Crippen LogP contribution in [0.5, 0.6) is 5.75 Å². The maximum atomic E-state index is 12.5. The Bertz CT molecular complexity index is 590. The zero-order valence-corrected chi connectivity index (χ0v) is 13.6. The number of carbonyl (C=O) groups is 3. The van der Waals surface area contributed by atoms with Crippen molar-refractivity contribution in [3.8, 4) is 5.75 Å². The monoisotopic (exact) mass is 323 g/mol. The highest BCUT2D eigenvalue weighted by molar-refractivity contribution is 6.05. The van der Waals surface area contributed by atoms with E-state index >= 15 is 0 Å². The third-order valence-electron chi connectivity index (χ3n) is 2.76. The molecule has 1 aromatic carbocycles. The fraction of sp³-hybridized carbons (Fsp3) is 0.438. The van der Waals surface area contributed by atoms with Crippen molar-refractivity contribution in [2.75, 3.05) is 7.11 Å². The fourth-order valence-corrected chi connectivity index (χ4v) is 1.87. The van der Waals surface area contributed by atoms with Crippen LogP contribution in [0, 0.1) is 0 Å². The predicted molar refractivity (Wildman–Crippen MR) is 82.7 cm³/mol. The summed E-state index contributed by atoms with van der Waals surface area (Å²) in [6.07, 6.45) is -1.41. The van der Waals surface area contributed by atoms with E-state index in [0.717, 1.165) is 0 Å². The lowest BCUT2D eigenvalue weighted by atomic mass is 10.0. The lowest BCUT2D eigenvalue weighted by Gasteiger charge is -2.22. The standard InChI is InChI=1S/C16H21NO6/c1-16(2,3)23-15(21)17-11(9-13(18)19)14(20)10-7-5-6-8-12(10)22-4/h5-8,11H,9H2,1-4H3,(H,17,21)(H,18,19)/t11-/m0/s1. The van der Waals surface area contributed by atoms with Crippen LogP contribution in [0.25, 0.3) is 0 Å². The molecule has 0 saturated carbocycles. The molecule has 0 heterocycles. The number of carboxylic acid groups (broad SMARTS) is 1. The summed E-state index contributed by atoms with van der Waals surface area (Å²) in [6.45, 7) is 5.00. The van der Waals surface area contributed by atoms with E-state index in [1.165, 1.54) is 13.2 Å². The second-order valence-corrected chi connectivity index (χ2v) is 5.86. The maximum absolute atomic E-state index is 12.5. The molecule has 2 N–H and O–H groups in total. The number of carbonyl (C=O) groups excluding carboxylic acids is 2. The Balaban J connectivity index is 2.99. The van der Waals surface area contributed by atoms with Gasteiger partial charge >= 0.3 is 12.1 Å². The van der Waals surface area contributed by atoms with Gasteiger partial charge in [0.25, 0.3) is 0 Å². The number of rotatable bonds is 6. The number of methoxy groups -OCH3 is 1. The molecule has 7 nitrogen and oxygen atoms in total. The van der Waals surface area contributed by atoms with Crippen LogP contribution in [-0.4, -0.2) is 41.7 Å². The number of amides is 1. The van der Waals surface area contributed by atoms with Gasteiger partial charge in [0.2, 0.25) is 0 Å². The van der Waals surface area contributed by atoms with Crippen molar-refractivity contribution in [1.82, 2.24) is 5.32 Å². The zero-order chi connectivity index (χ0) is 17.6. The van der Waals surface area contributed by atoms with Crippen LogP contribution in [0.4, 0.5) is 4.79 Å². The smallest absolute Gasteiger partial charge is 0.408 e. The molecule has 23 heavy (non-hydrogen) atoms. The number of para-hydroxylation sites is 1. The van der Waals surface area contributed by atoms with Crippen LogP contribution in [0.15, 0.2) is 24.3 Å². The number of aliphatic carboxylic acids is 1. The first-order chi connectivity index (χ1) is 10.6. The highest BCUT2D eigenvalue weighted by atomic mass is 16.6. The van der Waals surface area contributed by atoms with Crippen molar-refractivity contribution < 1.29 is 29.0 Å². The van der Waals surface area contributed by atoms with Crippen molar-refractivity contribution in [1.29, 1.82) is 0 Å². The van der Waals surface area contributed by atoms with Crippen LogP contribution in [-0.2, 0) is 9.53 Å². The second kappa shape index (κ2) is 7.62. The number of hydrogen-bond donors (Lipinski definition) is 2. The number of hydrogen-bond acceptors (Lipinski definition) is 5. The van der Waals surface area contributed by atoms with Gasteiger partial charge in [0.1, 0.15) is 17.4 Å². The molecule has 1 rings (SSSR count). The van der Waals surface area contributed by atoms with Crippen LogP contribution in [0.2, 0.25) is 0 Å². The van der Waals surface area contributed by atoms with Gasteiger partial charge in [0.15, 0.2) is 5.78 Å². The predicted octanol–water partition coefficient (Wildman–Crippen LogP) is 2.25. The number of benzene rings is 1. The molecule has 1 atom stereocenters. The number of ketones is 1. The summed E-state index contributed by atoms with van der Waals surface area (Å²) in [5, 5.41) is 11.3. The molecule has 1 amide bonds. The first-order valence-electron chi connectivity index (χ1n) is 7.02. The normalized spacial score (nSPS) is 12.2. The Morgan fingerprint density at radius 1 is 1.22 bits per heavy atom. The minimum Gasteiger partial charge on any atom is -0.496 e. The van der Waals surface area contributed by atoms with E-state index < -0.39 is 35.9 Å². The van der Waals surface area contributed by atoms with E-state index in [-0.39, 0.29) is 5.56 Å². The maximum Gasteiger partial charge on any atom is 0.408 e. The van der Waals surface area contributed by atoms with Crippen LogP contribution < -0.4 is 10.1 Å². The minimum absolute atomic E-state index is 0.192. The van der Waals surface area contributed by atoms with Gasteiger partial charge in [-0.15, -0.1) is 0 Å². The lowest BCUT2D eigenvalue weighted by molar-refractivity contribution is -0.137. The molecule has 0 radical (unpaired) electrons. The van der Waals surface area contributed by atoms with Gasteiger partial charge in [-0.3, -0.25) is 9.59 Å². The highest BCUT2D eigenvalue weighted by Crippen LogP contribution is 2.20. The van der Waals surface area contributed by atoms with E-state index in [9.17, 15) is 14.4 Å². The van der Waals surface area contributed by atoms with Crippen molar-refractivity contribution >= 4 is 17.8 Å². The van der Waals surface area contributed by atoms with E-state index in [4.69, 9.17) is 14.6 Å². The van der Waals surface area contributed by atoms with Crippen LogP contribution in [0.3, 0.4) is 0 Å². The molecule has 126 valence electrons. The van der Waals surface area contributed by atoms with Gasteiger partial charge in [-0.25, -0.2) is 4.79 Å². The third-order valence-corrected chi connectivity index (χ3v) is 2.76. The number of ether oxygens (including phenoxy) is 2. The highest BCUT2D eigenvalue weighted by Gasteiger charge is 2.28. The second-order valence-electron chi connectivity index (χ2n) is 5.86. The molecule has 1 aromatic rings. The molecule has 0 saturated heterocycles. The Morgan fingerprint density at radius 2 is 1.83 bits per heavy atom. The molecule has 0 bridgehead atoms. The van der Waals surface area contributed by atoms with Gasteiger partial charge in [0, 0.05) is 0 Å². The van der Waals surface area contributed by atoms with Gasteiger partial charge in [0.05, 0.1) is 19.1 Å². The molecule has 0 aliphatic carbocycles. The summed E-state index contributed by atoms with van der Waals surface area (Å²) < 4.78 is 10.2. The molecule has 0 fully saturated rings. The van der Waals surface area contributed by atoms with E-state index in [1.54, 1.807) is 39.0 Å². The summed E-state index contributed by atoms with van der Waals surface area (Å²) >= 11 is 0. The fourth-order valence-electron chi connectivity index (χ4n) is 1.87. The van der Waals surface area contributed by atoms with Crippen molar-refractivity contribution in [2.45, 2.75) is 38.8 Å². The summed E-state index contributed by atoms with van der Waals surface area (Å²) in [5.41, 5.74) is -0.567. The number of nitrogens with one attached hydrogen (secondary N) is 1. The number of Topliss-reactive ketones (excluding diaryl/α,β-unsaturated/α-hetero) is 1. The molecule has 7 heteroatoms. The topological polar surface area (TPSA) is 102 Å². The Morgan fingerprint density at radius 3 is 2.35 bits per heavy atom.